The van der Waals surface area contributed by atoms with Gasteiger partial charge in [-0.15, -0.1) is 11.3 Å². The van der Waals surface area contributed by atoms with Crippen LogP contribution in [-0.4, -0.2) is 12.5 Å². The molecule has 0 saturated heterocycles. The maximum atomic E-state index is 11.8. The van der Waals surface area contributed by atoms with Crippen LogP contribution in [0.1, 0.15) is 17.4 Å². The van der Waals surface area contributed by atoms with E-state index in [1.165, 1.54) is 0 Å². The lowest BCUT2D eigenvalue weighted by molar-refractivity contribution is -0.111. The number of amides is 1. The first-order chi connectivity index (χ1) is 9.78. The highest BCUT2D eigenvalue weighted by atomic mass is 32.1. The smallest absolute Gasteiger partial charge is 0.248 e. The fourth-order valence-electron chi connectivity index (χ4n) is 1.76. The van der Waals surface area contributed by atoms with Crippen LogP contribution >= 0.6 is 11.3 Å². The van der Waals surface area contributed by atoms with Crippen molar-refractivity contribution in [1.82, 2.24) is 5.32 Å². The van der Waals surface area contributed by atoms with E-state index in [0.29, 0.717) is 0 Å². The molecule has 2 aromatic rings. The highest BCUT2D eigenvalue weighted by molar-refractivity contribution is 7.10. The summed E-state index contributed by atoms with van der Waals surface area (Å²) in [7, 11) is 0. The maximum absolute atomic E-state index is 11.8. The Labute approximate surface area is 123 Å². The minimum absolute atomic E-state index is 0.112. The van der Waals surface area contributed by atoms with Crippen LogP contribution in [0, 0.1) is 0 Å². The van der Waals surface area contributed by atoms with Gasteiger partial charge in [-0.25, -0.2) is 0 Å². The number of thiophene rings is 1. The van der Waals surface area contributed by atoms with Crippen molar-refractivity contribution in [1.29, 1.82) is 0 Å². The minimum Gasteiger partial charge on any atom is -0.323 e. The number of rotatable bonds is 6. The molecule has 0 aliphatic rings. The van der Waals surface area contributed by atoms with E-state index < -0.39 is 0 Å². The summed E-state index contributed by atoms with van der Waals surface area (Å²) < 4.78 is 0. The highest BCUT2D eigenvalue weighted by Crippen LogP contribution is 2.12. The number of carbonyl (C=O) groups excluding carboxylic acids is 1. The molecule has 0 radical (unpaired) electrons. The van der Waals surface area contributed by atoms with Gasteiger partial charge in [-0.2, -0.15) is 0 Å². The molecule has 1 amide bonds. The molecular formula is C16H18N2OS. The summed E-state index contributed by atoms with van der Waals surface area (Å²) in [4.78, 5) is 12.9. The van der Waals surface area contributed by atoms with Gasteiger partial charge < -0.3 is 10.6 Å². The van der Waals surface area contributed by atoms with Crippen molar-refractivity contribution in [2.75, 3.05) is 11.9 Å². The first kappa shape index (κ1) is 14.5. The molecule has 3 nitrogen and oxygen atoms in total. The second-order valence-corrected chi connectivity index (χ2v) is 5.30. The number of anilines is 1. The number of carbonyl (C=O) groups is 1. The van der Waals surface area contributed by atoms with E-state index in [1.54, 1.807) is 17.4 Å². The monoisotopic (exact) mass is 286 g/mol. The molecule has 0 bridgehead atoms. The summed E-state index contributed by atoms with van der Waals surface area (Å²) in [5.41, 5.74) is 1.98. The van der Waals surface area contributed by atoms with E-state index in [4.69, 9.17) is 0 Å². The van der Waals surface area contributed by atoms with Crippen LogP contribution < -0.4 is 10.6 Å². The Balaban J connectivity index is 1.93. The summed E-state index contributed by atoms with van der Waals surface area (Å²) in [5.74, 6) is -0.112. The lowest BCUT2D eigenvalue weighted by Crippen LogP contribution is -2.12. The third kappa shape index (κ3) is 4.64. The van der Waals surface area contributed by atoms with E-state index in [1.807, 2.05) is 47.9 Å². The lowest BCUT2D eigenvalue weighted by Gasteiger charge is -2.06. The van der Waals surface area contributed by atoms with Crippen molar-refractivity contribution in [3.63, 3.8) is 0 Å². The second-order valence-electron chi connectivity index (χ2n) is 4.32. The van der Waals surface area contributed by atoms with Gasteiger partial charge in [0.1, 0.15) is 0 Å². The van der Waals surface area contributed by atoms with Gasteiger partial charge in [-0.1, -0.05) is 25.1 Å². The average molecular weight is 286 g/mol. The largest absolute Gasteiger partial charge is 0.323 e. The molecule has 0 saturated carbocycles. The van der Waals surface area contributed by atoms with Crippen molar-refractivity contribution in [2.24, 2.45) is 0 Å². The summed E-state index contributed by atoms with van der Waals surface area (Å²) in [6.07, 6.45) is 3.38. The number of nitrogens with one attached hydrogen (secondary N) is 2. The van der Waals surface area contributed by atoms with Crippen LogP contribution in [0.2, 0.25) is 0 Å². The Kier molecular flexibility index (Phi) is 5.53. The van der Waals surface area contributed by atoms with E-state index in [2.05, 4.69) is 17.6 Å². The molecule has 104 valence electrons. The number of hydrogen-bond donors (Lipinski definition) is 2. The quantitative estimate of drug-likeness (QED) is 0.798. The third-order valence-corrected chi connectivity index (χ3v) is 3.55. The fraction of sp³-hybridized carbons (Fsp3) is 0.188. The van der Waals surface area contributed by atoms with Crippen LogP contribution in [0.25, 0.3) is 6.08 Å². The minimum atomic E-state index is -0.112. The molecule has 1 aromatic carbocycles. The topological polar surface area (TPSA) is 41.1 Å². The molecule has 4 heteroatoms. The molecule has 1 heterocycles. The molecule has 0 aliphatic carbocycles. The van der Waals surface area contributed by atoms with Crippen molar-refractivity contribution in [3.05, 3.63) is 58.3 Å². The Morgan fingerprint density at radius 1 is 1.30 bits per heavy atom. The first-order valence-electron chi connectivity index (χ1n) is 6.60. The van der Waals surface area contributed by atoms with Crippen LogP contribution in [0.3, 0.4) is 0 Å². The van der Waals surface area contributed by atoms with E-state index in [0.717, 1.165) is 29.2 Å². The standard InChI is InChI=1S/C16H18N2OS/c1-2-17-12-13-5-3-6-14(11-13)18-16(19)9-8-15-7-4-10-20-15/h3-11,17H,2,12H2,1H3,(H,18,19)/b9-8+. The molecule has 0 aliphatic heterocycles. The summed E-state index contributed by atoms with van der Waals surface area (Å²) in [5, 5.41) is 8.12. The Morgan fingerprint density at radius 3 is 2.95 bits per heavy atom. The molecule has 0 unspecified atom stereocenters. The van der Waals surface area contributed by atoms with Gasteiger partial charge in [0.25, 0.3) is 0 Å². The molecule has 2 rings (SSSR count). The zero-order chi connectivity index (χ0) is 14.2. The first-order valence-corrected chi connectivity index (χ1v) is 7.48. The molecule has 0 atom stereocenters. The molecule has 20 heavy (non-hydrogen) atoms. The predicted octanol–water partition coefficient (Wildman–Crippen LogP) is 3.51. The van der Waals surface area contributed by atoms with Gasteiger partial charge in [-0.05, 0) is 41.8 Å². The molecule has 0 fully saturated rings. The van der Waals surface area contributed by atoms with Crippen molar-refractivity contribution in [2.45, 2.75) is 13.5 Å². The van der Waals surface area contributed by atoms with Gasteiger partial charge in [0.05, 0.1) is 0 Å². The number of hydrogen-bond acceptors (Lipinski definition) is 3. The second kappa shape index (κ2) is 7.62. The fourth-order valence-corrected chi connectivity index (χ4v) is 2.37. The van der Waals surface area contributed by atoms with Gasteiger partial charge in [0.15, 0.2) is 0 Å². The van der Waals surface area contributed by atoms with Crippen molar-refractivity contribution in [3.8, 4) is 0 Å². The Hall–Kier alpha value is -1.91. The van der Waals surface area contributed by atoms with E-state index in [9.17, 15) is 4.79 Å². The molecule has 1 aromatic heterocycles. The maximum Gasteiger partial charge on any atom is 0.248 e. The van der Waals surface area contributed by atoms with Crippen LogP contribution in [-0.2, 0) is 11.3 Å². The number of benzene rings is 1. The van der Waals surface area contributed by atoms with Gasteiger partial charge in [-0.3, -0.25) is 4.79 Å². The van der Waals surface area contributed by atoms with E-state index >= 15 is 0 Å². The predicted molar refractivity (Wildman–Crippen MR) is 85.8 cm³/mol. The zero-order valence-electron chi connectivity index (χ0n) is 11.4. The zero-order valence-corrected chi connectivity index (χ0v) is 12.2. The molecule has 0 spiro atoms. The van der Waals surface area contributed by atoms with Crippen molar-refractivity contribution < 1.29 is 4.79 Å². The summed E-state index contributed by atoms with van der Waals surface area (Å²) in [6.45, 7) is 3.81. The SMILES string of the molecule is CCNCc1cccc(NC(=O)/C=C/c2cccs2)c1. The highest BCUT2D eigenvalue weighted by Gasteiger charge is 1.99. The molecule has 2 N–H and O–H groups in total. The third-order valence-electron chi connectivity index (χ3n) is 2.72. The Bertz CT molecular complexity index is 576. The molecular weight excluding hydrogens is 268 g/mol. The Morgan fingerprint density at radius 2 is 2.20 bits per heavy atom. The summed E-state index contributed by atoms with van der Waals surface area (Å²) in [6, 6.07) is 11.8. The van der Waals surface area contributed by atoms with Gasteiger partial charge in [0, 0.05) is 23.2 Å². The van der Waals surface area contributed by atoms with Crippen molar-refractivity contribution >= 4 is 29.0 Å². The van der Waals surface area contributed by atoms with Crippen LogP contribution in [0.5, 0.6) is 0 Å². The summed E-state index contributed by atoms with van der Waals surface area (Å²) >= 11 is 1.61. The normalized spacial score (nSPS) is 10.8. The lowest BCUT2D eigenvalue weighted by atomic mass is 10.2. The van der Waals surface area contributed by atoms with Crippen LogP contribution in [0.4, 0.5) is 5.69 Å². The van der Waals surface area contributed by atoms with Gasteiger partial charge >= 0.3 is 0 Å². The average Bonchev–Trinajstić information content (AvgIpc) is 2.97. The van der Waals surface area contributed by atoms with E-state index in [-0.39, 0.29) is 5.91 Å². The van der Waals surface area contributed by atoms with Gasteiger partial charge in [0.2, 0.25) is 5.91 Å². The van der Waals surface area contributed by atoms with Crippen LogP contribution in [0.15, 0.2) is 47.9 Å².